The number of nitrogens with zero attached hydrogens (tertiary/aromatic N) is 2. The van der Waals surface area contributed by atoms with E-state index >= 15 is 0 Å². The molecular weight excluding hydrogens is 368 g/mol. The van der Waals surface area contributed by atoms with Crippen LogP contribution in [-0.4, -0.2) is 47.3 Å². The summed E-state index contributed by atoms with van der Waals surface area (Å²) in [4.78, 5) is 41.0. The third-order valence-electron chi connectivity index (χ3n) is 6.63. The normalized spacial score (nSPS) is 26.4. The molecule has 3 heterocycles. The minimum Gasteiger partial charge on any atom is -0.365 e. The fraction of sp³-hybridized carbons (Fsp3) is 0.591. The minimum atomic E-state index is -0.570. The molecule has 2 fully saturated rings. The molecule has 0 radical (unpaired) electrons. The lowest BCUT2D eigenvalue weighted by Gasteiger charge is -2.51. The average molecular weight is 399 g/mol. The van der Waals surface area contributed by atoms with E-state index < -0.39 is 6.04 Å². The largest absolute Gasteiger partial charge is 0.365 e. The molecule has 3 unspecified atom stereocenters. The average Bonchev–Trinajstić information content (AvgIpc) is 3.02. The summed E-state index contributed by atoms with van der Waals surface area (Å²) in [6, 6.07) is 6.32. The Hall–Kier alpha value is -2.41. The summed E-state index contributed by atoms with van der Waals surface area (Å²) in [5.41, 5.74) is 8.49. The van der Waals surface area contributed by atoms with Gasteiger partial charge in [-0.05, 0) is 50.8 Å². The molecule has 2 saturated heterocycles. The second-order valence-electron chi connectivity index (χ2n) is 8.35. The minimum absolute atomic E-state index is 0.107. The first-order valence-corrected chi connectivity index (χ1v) is 10.8. The van der Waals surface area contributed by atoms with Crippen molar-refractivity contribution < 1.29 is 14.4 Å². The Morgan fingerprint density at radius 1 is 1.17 bits per heavy atom. The summed E-state index contributed by atoms with van der Waals surface area (Å²) in [5, 5.41) is 2.37. The molecule has 3 atom stereocenters. The van der Waals surface area contributed by atoms with Crippen LogP contribution >= 0.6 is 0 Å². The number of nitrogens with two attached hydrogens (primary N) is 1. The number of carbonyl (C=O) groups is 3. The van der Waals surface area contributed by atoms with Gasteiger partial charge in [0.05, 0.1) is 0 Å². The number of piperidine rings is 1. The molecule has 0 aliphatic carbocycles. The molecular formula is C22H30N4O3. The lowest BCUT2D eigenvalue weighted by Crippen LogP contribution is -2.56. The van der Waals surface area contributed by atoms with Crippen molar-refractivity contribution in [1.29, 1.82) is 0 Å². The molecule has 4 rings (SSSR count). The lowest BCUT2D eigenvalue weighted by atomic mass is 9.85. The van der Waals surface area contributed by atoms with Gasteiger partial charge in [-0.1, -0.05) is 19.4 Å². The first-order valence-electron chi connectivity index (χ1n) is 10.8. The summed E-state index contributed by atoms with van der Waals surface area (Å²) in [7, 11) is 0. The van der Waals surface area contributed by atoms with Crippen molar-refractivity contribution in [3.63, 3.8) is 0 Å². The van der Waals surface area contributed by atoms with Gasteiger partial charge in [-0.25, -0.2) is 0 Å². The van der Waals surface area contributed by atoms with E-state index in [0.717, 1.165) is 43.5 Å². The number of benzene rings is 1. The van der Waals surface area contributed by atoms with Gasteiger partial charge in [0, 0.05) is 41.9 Å². The number of hydrogen-bond donors (Lipinski definition) is 2. The smallest absolute Gasteiger partial charge is 0.255 e. The highest BCUT2D eigenvalue weighted by Gasteiger charge is 2.43. The maximum absolute atomic E-state index is 13.1. The van der Waals surface area contributed by atoms with E-state index in [1.807, 2.05) is 12.1 Å². The molecule has 0 aromatic heterocycles. The van der Waals surface area contributed by atoms with Gasteiger partial charge >= 0.3 is 0 Å². The van der Waals surface area contributed by atoms with Gasteiger partial charge in [-0.3, -0.25) is 19.7 Å². The van der Waals surface area contributed by atoms with Crippen LogP contribution < -0.4 is 16.0 Å². The molecule has 1 aromatic carbocycles. The van der Waals surface area contributed by atoms with E-state index in [-0.39, 0.29) is 24.1 Å². The highest BCUT2D eigenvalue weighted by molar-refractivity contribution is 6.06. The highest BCUT2D eigenvalue weighted by Crippen LogP contribution is 2.42. The van der Waals surface area contributed by atoms with Gasteiger partial charge in [-0.15, -0.1) is 0 Å². The summed E-state index contributed by atoms with van der Waals surface area (Å²) >= 11 is 0. The van der Waals surface area contributed by atoms with Crippen LogP contribution in [0.5, 0.6) is 0 Å². The lowest BCUT2D eigenvalue weighted by molar-refractivity contribution is -0.136. The number of carbonyl (C=O) groups excluding carboxylic acids is 3. The standard InChI is InChI=1S/C22H30N4O3/c1-2-14-12-15(6-3-4-11-23)26(14)18-8-5-7-16-17(18)13-25(22(16)29)19-9-10-20(27)24-21(19)28/h5,7-8,14-15,19H,2-4,6,9-13,23H2,1H3,(H,24,27,28). The molecule has 3 aliphatic rings. The number of nitrogens with one attached hydrogen (secondary N) is 1. The highest BCUT2D eigenvalue weighted by atomic mass is 16.2. The Balaban J connectivity index is 1.58. The van der Waals surface area contributed by atoms with Crippen molar-refractivity contribution in [2.75, 3.05) is 11.4 Å². The molecule has 156 valence electrons. The van der Waals surface area contributed by atoms with Crippen LogP contribution in [0.3, 0.4) is 0 Å². The maximum Gasteiger partial charge on any atom is 0.255 e. The molecule has 0 saturated carbocycles. The quantitative estimate of drug-likeness (QED) is 0.541. The predicted molar refractivity (Wildman–Crippen MR) is 110 cm³/mol. The molecule has 7 nitrogen and oxygen atoms in total. The van der Waals surface area contributed by atoms with E-state index in [1.165, 1.54) is 6.42 Å². The number of anilines is 1. The van der Waals surface area contributed by atoms with E-state index in [4.69, 9.17) is 5.73 Å². The third-order valence-corrected chi connectivity index (χ3v) is 6.63. The number of hydrogen-bond acceptors (Lipinski definition) is 5. The number of unbranched alkanes of at least 4 members (excludes halogenated alkanes) is 1. The van der Waals surface area contributed by atoms with Crippen molar-refractivity contribution in [2.24, 2.45) is 5.73 Å². The van der Waals surface area contributed by atoms with Gasteiger partial charge in [-0.2, -0.15) is 0 Å². The number of fused-ring (bicyclic) bond motifs is 1. The molecule has 3 aliphatic heterocycles. The molecule has 3 amide bonds. The Morgan fingerprint density at radius 2 is 2.00 bits per heavy atom. The molecule has 7 heteroatoms. The van der Waals surface area contributed by atoms with Crippen LogP contribution in [0.2, 0.25) is 0 Å². The van der Waals surface area contributed by atoms with Crippen LogP contribution in [0, 0.1) is 0 Å². The zero-order valence-electron chi connectivity index (χ0n) is 17.0. The van der Waals surface area contributed by atoms with Crippen LogP contribution in [0.25, 0.3) is 0 Å². The van der Waals surface area contributed by atoms with Crippen molar-refractivity contribution in [1.82, 2.24) is 10.2 Å². The summed E-state index contributed by atoms with van der Waals surface area (Å²) in [6.07, 6.45) is 6.18. The van der Waals surface area contributed by atoms with Gasteiger partial charge in [0.15, 0.2) is 0 Å². The van der Waals surface area contributed by atoms with Gasteiger partial charge in [0.25, 0.3) is 5.91 Å². The summed E-state index contributed by atoms with van der Waals surface area (Å²) in [6.45, 7) is 3.36. The van der Waals surface area contributed by atoms with Crippen LogP contribution in [-0.2, 0) is 16.1 Å². The van der Waals surface area contributed by atoms with Crippen LogP contribution in [0.4, 0.5) is 5.69 Å². The summed E-state index contributed by atoms with van der Waals surface area (Å²) < 4.78 is 0. The second-order valence-corrected chi connectivity index (χ2v) is 8.35. The first kappa shape index (κ1) is 19.9. The van der Waals surface area contributed by atoms with E-state index in [1.54, 1.807) is 4.90 Å². The Morgan fingerprint density at radius 3 is 2.72 bits per heavy atom. The van der Waals surface area contributed by atoms with Crippen molar-refractivity contribution in [2.45, 2.75) is 76.5 Å². The monoisotopic (exact) mass is 398 g/mol. The van der Waals surface area contributed by atoms with Crippen molar-refractivity contribution in [3.8, 4) is 0 Å². The van der Waals surface area contributed by atoms with E-state index in [0.29, 0.717) is 30.6 Å². The Bertz CT molecular complexity index is 824. The molecule has 3 N–H and O–H groups in total. The van der Waals surface area contributed by atoms with E-state index in [2.05, 4.69) is 23.2 Å². The Kier molecular flexibility index (Phi) is 5.58. The summed E-state index contributed by atoms with van der Waals surface area (Å²) in [5.74, 6) is -0.730. The molecule has 1 aromatic rings. The Labute approximate surface area is 171 Å². The first-order chi connectivity index (χ1) is 14.0. The van der Waals surface area contributed by atoms with Crippen molar-refractivity contribution in [3.05, 3.63) is 29.3 Å². The van der Waals surface area contributed by atoms with Gasteiger partial charge < -0.3 is 15.5 Å². The van der Waals surface area contributed by atoms with Crippen LogP contribution in [0.15, 0.2) is 18.2 Å². The SMILES string of the molecule is CCC1CC(CCCCN)N1c1cccc2c1CN(C1CCC(=O)NC1=O)C2=O. The second kappa shape index (κ2) is 8.14. The fourth-order valence-corrected chi connectivity index (χ4v) is 5.05. The topological polar surface area (TPSA) is 95.7 Å². The zero-order valence-corrected chi connectivity index (χ0v) is 17.0. The van der Waals surface area contributed by atoms with Gasteiger partial charge in [0.2, 0.25) is 11.8 Å². The van der Waals surface area contributed by atoms with Crippen LogP contribution in [0.1, 0.15) is 67.8 Å². The fourth-order valence-electron chi connectivity index (χ4n) is 5.05. The maximum atomic E-state index is 13.1. The van der Waals surface area contributed by atoms with Gasteiger partial charge in [0.1, 0.15) is 6.04 Å². The molecule has 0 spiro atoms. The number of imide groups is 1. The number of amides is 3. The zero-order chi connectivity index (χ0) is 20.5. The third kappa shape index (κ3) is 3.52. The molecule has 29 heavy (non-hydrogen) atoms. The number of rotatable bonds is 7. The molecule has 0 bridgehead atoms. The predicted octanol–water partition coefficient (Wildman–Crippen LogP) is 1.93. The van der Waals surface area contributed by atoms with E-state index in [9.17, 15) is 14.4 Å². The van der Waals surface area contributed by atoms with Crippen molar-refractivity contribution >= 4 is 23.4 Å².